The van der Waals surface area contributed by atoms with Crippen LogP contribution in [0, 0.1) is 5.82 Å². The van der Waals surface area contributed by atoms with Crippen LogP contribution < -0.4 is 4.90 Å². The summed E-state index contributed by atoms with van der Waals surface area (Å²) in [5.74, 6) is 0.658. The van der Waals surface area contributed by atoms with Gasteiger partial charge in [-0.2, -0.15) is 4.37 Å². The van der Waals surface area contributed by atoms with Crippen molar-refractivity contribution in [1.29, 1.82) is 0 Å². The zero-order valence-corrected chi connectivity index (χ0v) is 11.5. The number of aromatic nitrogens is 2. The molecule has 1 heterocycles. The molecule has 0 spiro atoms. The Labute approximate surface area is 110 Å². The van der Waals surface area contributed by atoms with Crippen LogP contribution in [0.3, 0.4) is 0 Å². The Balaban J connectivity index is 2.17. The minimum absolute atomic E-state index is 0.142. The molecule has 1 unspecified atom stereocenters. The van der Waals surface area contributed by atoms with E-state index in [-0.39, 0.29) is 11.9 Å². The van der Waals surface area contributed by atoms with E-state index in [0.717, 1.165) is 22.9 Å². The van der Waals surface area contributed by atoms with Crippen LogP contribution in [-0.2, 0) is 6.42 Å². The van der Waals surface area contributed by atoms with E-state index in [9.17, 15) is 4.39 Å². The Morgan fingerprint density at radius 1 is 1.33 bits per heavy atom. The van der Waals surface area contributed by atoms with Crippen molar-refractivity contribution in [3.8, 4) is 0 Å². The number of hydrogen-bond acceptors (Lipinski definition) is 4. The third-order valence-corrected chi connectivity index (χ3v) is 3.85. The Hall–Kier alpha value is -1.49. The largest absolute Gasteiger partial charge is 0.343 e. The molecule has 3 nitrogen and oxygen atoms in total. The second kappa shape index (κ2) is 5.44. The van der Waals surface area contributed by atoms with Crippen molar-refractivity contribution in [3.63, 3.8) is 0 Å². The number of aryl methyl sites for hydroxylation is 1. The molecule has 0 N–H and O–H groups in total. The van der Waals surface area contributed by atoms with Gasteiger partial charge in [-0.25, -0.2) is 9.37 Å². The van der Waals surface area contributed by atoms with Gasteiger partial charge in [0.1, 0.15) is 11.6 Å². The van der Waals surface area contributed by atoms with Gasteiger partial charge in [-0.1, -0.05) is 19.1 Å². The minimum atomic E-state index is -0.210. The average molecular weight is 265 g/mol. The van der Waals surface area contributed by atoms with Crippen molar-refractivity contribution < 1.29 is 4.39 Å². The van der Waals surface area contributed by atoms with Crippen molar-refractivity contribution in [2.45, 2.75) is 26.3 Å². The van der Waals surface area contributed by atoms with E-state index in [2.05, 4.69) is 21.2 Å². The van der Waals surface area contributed by atoms with Gasteiger partial charge in [-0.15, -0.1) is 0 Å². The molecule has 96 valence electrons. The molecule has 0 aliphatic heterocycles. The van der Waals surface area contributed by atoms with Crippen molar-refractivity contribution in [1.82, 2.24) is 9.36 Å². The lowest BCUT2D eigenvalue weighted by Gasteiger charge is -2.24. The highest BCUT2D eigenvalue weighted by Gasteiger charge is 2.15. The van der Waals surface area contributed by atoms with Crippen LogP contribution in [0.25, 0.3) is 0 Å². The molecular formula is C13H16FN3S. The molecule has 0 amide bonds. The van der Waals surface area contributed by atoms with Crippen LogP contribution in [0.15, 0.2) is 24.3 Å². The van der Waals surface area contributed by atoms with Gasteiger partial charge in [0.15, 0.2) is 0 Å². The number of hydrogen-bond donors (Lipinski definition) is 0. The lowest BCUT2D eigenvalue weighted by atomic mass is 10.1. The summed E-state index contributed by atoms with van der Waals surface area (Å²) in [5.41, 5.74) is 1.06. The Morgan fingerprint density at radius 2 is 2.00 bits per heavy atom. The molecule has 0 aliphatic carbocycles. The minimum Gasteiger partial charge on any atom is -0.343 e. The summed E-state index contributed by atoms with van der Waals surface area (Å²) in [5, 5.41) is 0.892. The van der Waals surface area contributed by atoms with Gasteiger partial charge in [0.2, 0.25) is 5.13 Å². The zero-order valence-electron chi connectivity index (χ0n) is 10.7. The molecule has 1 aromatic heterocycles. The lowest BCUT2D eigenvalue weighted by Crippen LogP contribution is -2.21. The lowest BCUT2D eigenvalue weighted by molar-refractivity contribution is 0.625. The summed E-state index contributed by atoms with van der Waals surface area (Å²) in [6.45, 7) is 4.11. The topological polar surface area (TPSA) is 29.0 Å². The van der Waals surface area contributed by atoms with Gasteiger partial charge < -0.3 is 4.90 Å². The second-order valence-electron chi connectivity index (χ2n) is 4.19. The predicted molar refractivity (Wildman–Crippen MR) is 72.5 cm³/mol. The zero-order chi connectivity index (χ0) is 13.1. The molecule has 2 rings (SSSR count). The molecule has 0 fully saturated rings. The van der Waals surface area contributed by atoms with E-state index >= 15 is 0 Å². The van der Waals surface area contributed by atoms with E-state index in [1.54, 1.807) is 12.1 Å². The maximum Gasteiger partial charge on any atom is 0.205 e. The standard InChI is InChI=1S/C13H16FN3S/c1-4-12-15-13(18-16-12)17(3)9(2)10-5-7-11(14)8-6-10/h5-9H,4H2,1-3H3. The Morgan fingerprint density at radius 3 is 2.56 bits per heavy atom. The summed E-state index contributed by atoms with van der Waals surface area (Å²) in [7, 11) is 1.98. The number of halogens is 1. The summed E-state index contributed by atoms with van der Waals surface area (Å²) in [4.78, 5) is 6.51. The van der Waals surface area contributed by atoms with Gasteiger partial charge in [-0.3, -0.25) is 0 Å². The van der Waals surface area contributed by atoms with Crippen molar-refractivity contribution >= 4 is 16.7 Å². The third kappa shape index (κ3) is 2.67. The smallest absolute Gasteiger partial charge is 0.205 e. The monoisotopic (exact) mass is 265 g/mol. The van der Waals surface area contributed by atoms with Gasteiger partial charge in [0.05, 0.1) is 6.04 Å². The number of nitrogens with zero attached hydrogens (tertiary/aromatic N) is 3. The van der Waals surface area contributed by atoms with Crippen LogP contribution >= 0.6 is 11.5 Å². The highest BCUT2D eigenvalue weighted by molar-refractivity contribution is 7.09. The van der Waals surface area contributed by atoms with Crippen molar-refractivity contribution in [2.75, 3.05) is 11.9 Å². The van der Waals surface area contributed by atoms with Crippen molar-refractivity contribution in [2.24, 2.45) is 0 Å². The maximum atomic E-state index is 12.9. The molecule has 5 heteroatoms. The van der Waals surface area contributed by atoms with Crippen LogP contribution in [0.1, 0.15) is 31.3 Å². The van der Waals surface area contributed by atoms with E-state index in [4.69, 9.17) is 0 Å². The van der Waals surface area contributed by atoms with Crippen LogP contribution in [0.5, 0.6) is 0 Å². The first kappa shape index (κ1) is 13.0. The normalized spacial score (nSPS) is 12.4. The first-order chi connectivity index (χ1) is 8.61. The molecule has 0 aliphatic rings. The van der Waals surface area contributed by atoms with E-state index in [1.807, 2.05) is 14.0 Å². The molecular weight excluding hydrogens is 249 g/mol. The van der Waals surface area contributed by atoms with Crippen LogP contribution in [-0.4, -0.2) is 16.4 Å². The van der Waals surface area contributed by atoms with Gasteiger partial charge in [0, 0.05) is 25.0 Å². The molecule has 1 atom stereocenters. The molecule has 0 radical (unpaired) electrons. The molecule has 0 bridgehead atoms. The molecule has 0 saturated carbocycles. The summed E-state index contributed by atoms with van der Waals surface area (Å²) in [6, 6.07) is 6.72. The first-order valence-corrected chi connectivity index (χ1v) is 6.70. The van der Waals surface area contributed by atoms with Gasteiger partial charge in [-0.05, 0) is 24.6 Å². The Bertz CT molecular complexity index is 509. The second-order valence-corrected chi connectivity index (χ2v) is 4.92. The molecule has 18 heavy (non-hydrogen) atoms. The molecule has 0 saturated heterocycles. The maximum absolute atomic E-state index is 12.9. The fourth-order valence-corrected chi connectivity index (χ4v) is 2.45. The van der Waals surface area contributed by atoms with Crippen LogP contribution in [0.2, 0.25) is 0 Å². The van der Waals surface area contributed by atoms with Gasteiger partial charge >= 0.3 is 0 Å². The van der Waals surface area contributed by atoms with Gasteiger partial charge in [0.25, 0.3) is 0 Å². The predicted octanol–water partition coefficient (Wildman–Crippen LogP) is 3.44. The average Bonchev–Trinajstić information content (AvgIpc) is 2.86. The number of benzene rings is 1. The summed E-state index contributed by atoms with van der Waals surface area (Å²) >= 11 is 1.40. The number of anilines is 1. The molecule has 1 aromatic carbocycles. The summed E-state index contributed by atoms with van der Waals surface area (Å²) in [6.07, 6.45) is 0.843. The Kier molecular flexibility index (Phi) is 3.91. The SMILES string of the molecule is CCc1nsc(N(C)C(C)c2ccc(F)cc2)n1. The summed E-state index contributed by atoms with van der Waals surface area (Å²) < 4.78 is 17.2. The van der Waals surface area contributed by atoms with Crippen molar-refractivity contribution in [3.05, 3.63) is 41.5 Å². The first-order valence-electron chi connectivity index (χ1n) is 5.92. The highest BCUT2D eigenvalue weighted by atomic mass is 32.1. The fourth-order valence-electron chi connectivity index (χ4n) is 1.66. The van der Waals surface area contributed by atoms with E-state index < -0.39 is 0 Å². The third-order valence-electron chi connectivity index (χ3n) is 3.01. The van der Waals surface area contributed by atoms with E-state index in [0.29, 0.717) is 0 Å². The molecule has 2 aromatic rings. The fraction of sp³-hybridized carbons (Fsp3) is 0.385. The number of rotatable bonds is 4. The van der Waals surface area contributed by atoms with E-state index in [1.165, 1.54) is 23.7 Å². The van der Waals surface area contributed by atoms with Crippen LogP contribution in [0.4, 0.5) is 9.52 Å². The highest BCUT2D eigenvalue weighted by Crippen LogP contribution is 2.26. The quantitative estimate of drug-likeness (QED) is 0.848.